The number of aliphatic hydroxyl groups is 3. The molecule has 0 unspecified atom stereocenters. The van der Waals surface area contributed by atoms with Gasteiger partial charge in [0.15, 0.2) is 11.4 Å². The van der Waals surface area contributed by atoms with Crippen molar-refractivity contribution in [3.8, 4) is 0 Å². The fourth-order valence-corrected chi connectivity index (χ4v) is 11.2. The van der Waals surface area contributed by atoms with E-state index in [1.807, 2.05) is 19.9 Å². The first kappa shape index (κ1) is 31.5. The lowest BCUT2D eigenvalue weighted by molar-refractivity contribution is -0.412. The van der Waals surface area contributed by atoms with Crippen molar-refractivity contribution in [3.05, 3.63) is 24.3 Å². The van der Waals surface area contributed by atoms with Crippen LogP contribution in [0.15, 0.2) is 24.3 Å². The summed E-state index contributed by atoms with van der Waals surface area (Å²) in [6, 6.07) is 0. The van der Waals surface area contributed by atoms with Crippen molar-refractivity contribution in [2.24, 2.45) is 35.5 Å². The fourth-order valence-electron chi connectivity index (χ4n) is 11.2. The maximum absolute atomic E-state index is 14.4. The Morgan fingerprint density at radius 3 is 2.30 bits per heavy atom. The summed E-state index contributed by atoms with van der Waals surface area (Å²) in [5.74, 6) is -3.92. The lowest BCUT2D eigenvalue weighted by atomic mass is 9.52. The van der Waals surface area contributed by atoms with Gasteiger partial charge in [0, 0.05) is 23.8 Å². The van der Waals surface area contributed by atoms with Gasteiger partial charge in [0.2, 0.25) is 0 Å². The third-order valence-electron chi connectivity index (χ3n) is 13.3. The Morgan fingerprint density at radius 2 is 1.64 bits per heavy atom. The number of hydrogen-bond acceptors (Lipinski definition) is 8. The zero-order chi connectivity index (χ0) is 31.3. The van der Waals surface area contributed by atoms with Crippen LogP contribution in [0.4, 0.5) is 0 Å². The Labute approximate surface area is 262 Å². The second kappa shape index (κ2) is 10.7. The van der Waals surface area contributed by atoms with Crippen LogP contribution in [0.5, 0.6) is 0 Å². The molecule has 4 aliphatic heterocycles. The first-order valence-electron chi connectivity index (χ1n) is 17.6. The standard InChI is InChI=1S/C36H54O8/c1-21(2)32-19-23(4)36-26-29(32)42-34(43-32,44-36)18-16-14-12-10-8-6-7-9-11-13-15-17-22(3)25-24(5)28(38)35(40,27(25)36)31(39)33(20-37)30(26)41-33/h16,18,22-27,29-31,37,39-40H,1,6-15,17,19-20H2,2-5H3/b18-16+/t22-,23+,24-,25-,26+,27+,29+,30-,31+,32+,33-,34+,35+,36+/m0/s1. The van der Waals surface area contributed by atoms with Gasteiger partial charge >= 0.3 is 5.97 Å². The van der Waals surface area contributed by atoms with E-state index in [4.69, 9.17) is 18.9 Å². The molecule has 3 N–H and O–H groups in total. The molecule has 0 amide bonds. The lowest BCUT2D eigenvalue weighted by Gasteiger charge is -2.61. The predicted octanol–water partition coefficient (Wildman–Crippen LogP) is 4.98. The Bertz CT molecular complexity index is 1200. The van der Waals surface area contributed by atoms with Gasteiger partial charge in [0.05, 0.1) is 12.2 Å². The summed E-state index contributed by atoms with van der Waals surface area (Å²) in [6.45, 7) is 12.1. The number of allylic oxidation sites excluding steroid dienone is 1. The Kier molecular flexibility index (Phi) is 7.65. The number of epoxide rings is 1. The van der Waals surface area contributed by atoms with E-state index < -0.39 is 71.0 Å². The van der Waals surface area contributed by atoms with E-state index in [-0.39, 0.29) is 23.5 Å². The zero-order valence-electron chi connectivity index (χ0n) is 27.1. The molecule has 0 radical (unpaired) electrons. The van der Waals surface area contributed by atoms with Crippen molar-refractivity contribution in [3.63, 3.8) is 0 Å². The molecule has 6 fully saturated rings. The van der Waals surface area contributed by atoms with Crippen LogP contribution in [-0.2, 0) is 23.7 Å². The van der Waals surface area contributed by atoms with Crippen molar-refractivity contribution in [1.29, 1.82) is 0 Å². The number of hydrogen-bond donors (Lipinski definition) is 3. The van der Waals surface area contributed by atoms with Crippen LogP contribution in [-0.4, -0.2) is 74.4 Å². The maximum Gasteiger partial charge on any atom is 0.306 e. The fraction of sp³-hybridized carbons (Fsp3) is 0.861. The van der Waals surface area contributed by atoms with Crippen molar-refractivity contribution >= 4 is 5.78 Å². The highest BCUT2D eigenvalue weighted by Crippen LogP contribution is 2.74. The van der Waals surface area contributed by atoms with Gasteiger partial charge in [0.1, 0.15) is 29.5 Å². The number of ether oxygens (including phenoxy) is 4. The molecular weight excluding hydrogens is 560 g/mol. The summed E-state index contributed by atoms with van der Waals surface area (Å²) in [6.07, 6.45) is 14.3. The first-order chi connectivity index (χ1) is 21.0. The molecule has 8 heteroatoms. The number of Topliss-reactive ketones (excluding diaryl/α,β-unsaturated/α-hetero) is 1. The van der Waals surface area contributed by atoms with E-state index in [0.29, 0.717) is 6.42 Å². The quantitative estimate of drug-likeness (QED) is 0.295. The molecule has 3 aliphatic carbocycles. The van der Waals surface area contributed by atoms with Crippen LogP contribution in [0.3, 0.4) is 0 Å². The highest BCUT2D eigenvalue weighted by Gasteiger charge is 2.89. The van der Waals surface area contributed by atoms with Crippen LogP contribution < -0.4 is 0 Å². The van der Waals surface area contributed by atoms with Crippen molar-refractivity contribution in [2.45, 2.75) is 151 Å². The van der Waals surface area contributed by atoms with Gasteiger partial charge in [0.25, 0.3) is 0 Å². The molecule has 3 saturated carbocycles. The molecule has 0 aromatic rings. The van der Waals surface area contributed by atoms with Gasteiger partial charge in [-0.25, -0.2) is 0 Å². The van der Waals surface area contributed by atoms with E-state index in [1.165, 1.54) is 38.5 Å². The normalized spacial score (nSPS) is 56.2. The predicted molar refractivity (Wildman–Crippen MR) is 163 cm³/mol. The van der Waals surface area contributed by atoms with E-state index in [1.54, 1.807) is 0 Å². The molecule has 14 atom stereocenters. The monoisotopic (exact) mass is 614 g/mol. The van der Waals surface area contributed by atoms with E-state index in [2.05, 4.69) is 26.5 Å². The van der Waals surface area contributed by atoms with Gasteiger partial charge < -0.3 is 34.3 Å². The van der Waals surface area contributed by atoms with Gasteiger partial charge in [-0.2, -0.15) is 0 Å². The van der Waals surface area contributed by atoms with Crippen LogP contribution in [0.1, 0.15) is 105 Å². The van der Waals surface area contributed by atoms with Gasteiger partial charge in [-0.3, -0.25) is 4.79 Å². The summed E-state index contributed by atoms with van der Waals surface area (Å²) < 4.78 is 27.4. The topological polar surface area (TPSA) is 118 Å². The first-order valence-corrected chi connectivity index (χ1v) is 17.6. The molecule has 0 aromatic heterocycles. The van der Waals surface area contributed by atoms with E-state index >= 15 is 0 Å². The number of carbonyl (C=O) groups excluding carboxylic acids is 1. The summed E-state index contributed by atoms with van der Waals surface area (Å²) in [5, 5.41) is 35.7. The highest BCUT2D eigenvalue weighted by molar-refractivity contribution is 5.93. The van der Waals surface area contributed by atoms with Crippen LogP contribution in [0.2, 0.25) is 0 Å². The molecular formula is C36H54O8. The lowest BCUT2D eigenvalue weighted by Crippen LogP contribution is -2.73. The third-order valence-corrected chi connectivity index (χ3v) is 13.3. The van der Waals surface area contributed by atoms with Crippen molar-refractivity contribution < 1.29 is 39.1 Å². The Hall–Kier alpha value is -1.13. The number of fused-ring (bicyclic) bond motifs is 1. The van der Waals surface area contributed by atoms with Crippen molar-refractivity contribution in [1.82, 2.24) is 0 Å². The maximum atomic E-state index is 14.4. The summed E-state index contributed by atoms with van der Waals surface area (Å²) in [5.41, 5.74) is -4.79. The van der Waals surface area contributed by atoms with Gasteiger partial charge in [-0.1, -0.05) is 91.2 Å². The number of ketones is 1. The average molecular weight is 615 g/mol. The molecule has 4 heterocycles. The Balaban J connectivity index is 1.41. The molecule has 0 aromatic carbocycles. The molecule has 3 bridgehead atoms. The van der Waals surface area contributed by atoms with E-state index in [0.717, 1.165) is 37.7 Å². The van der Waals surface area contributed by atoms with Crippen LogP contribution in [0, 0.1) is 35.5 Å². The molecule has 2 spiro atoms. The number of carbonyl (C=O) groups is 1. The summed E-state index contributed by atoms with van der Waals surface area (Å²) >= 11 is 0. The van der Waals surface area contributed by atoms with Gasteiger partial charge in [-0.15, -0.1) is 0 Å². The van der Waals surface area contributed by atoms with Crippen molar-refractivity contribution in [2.75, 3.05) is 6.61 Å². The molecule has 7 rings (SSSR count). The SMILES string of the molecule is C=C(C)[C@]12C[C@@H](C)[C@@]34O[C@@]5(/C=C/CCCCCCCCCCC[C@H](C)[C@H]6[C@H](C)C(=O)[C@@](O)([C@H](O)[C@@]7(CO)O[C@H]7[C@H]3[C@H]1O5)[C@@H]64)O2. The molecule has 246 valence electrons. The third kappa shape index (κ3) is 3.97. The molecule has 44 heavy (non-hydrogen) atoms. The second-order valence-electron chi connectivity index (χ2n) is 15.7. The minimum atomic E-state index is -2.15. The Morgan fingerprint density at radius 1 is 0.977 bits per heavy atom. The van der Waals surface area contributed by atoms with Crippen LogP contribution in [0.25, 0.3) is 0 Å². The average Bonchev–Trinajstić information content (AvgIpc) is 3.63. The number of aliphatic hydroxyl groups excluding tert-OH is 2. The molecule has 8 nitrogen and oxygen atoms in total. The number of rotatable bonds is 2. The summed E-state index contributed by atoms with van der Waals surface area (Å²) in [7, 11) is 0. The van der Waals surface area contributed by atoms with E-state index in [9.17, 15) is 20.1 Å². The highest BCUT2D eigenvalue weighted by atomic mass is 16.9. The minimum absolute atomic E-state index is 0.106. The summed E-state index contributed by atoms with van der Waals surface area (Å²) in [4.78, 5) is 14.4. The van der Waals surface area contributed by atoms with Crippen LogP contribution >= 0.6 is 0 Å². The largest absolute Gasteiger partial charge is 0.393 e. The zero-order valence-corrected chi connectivity index (χ0v) is 27.1. The molecule has 7 aliphatic rings. The minimum Gasteiger partial charge on any atom is -0.393 e. The molecule has 3 saturated heterocycles. The smallest absolute Gasteiger partial charge is 0.306 e. The van der Waals surface area contributed by atoms with Gasteiger partial charge in [-0.05, 0) is 49.5 Å². The second-order valence-corrected chi connectivity index (χ2v) is 15.7.